The van der Waals surface area contributed by atoms with E-state index >= 15 is 0 Å². The number of anilines is 1. The predicted octanol–water partition coefficient (Wildman–Crippen LogP) is 2.19. The first-order valence-electron chi connectivity index (χ1n) is 8.64. The van der Waals surface area contributed by atoms with E-state index < -0.39 is 0 Å². The van der Waals surface area contributed by atoms with Crippen LogP contribution >= 0.6 is 0 Å². The van der Waals surface area contributed by atoms with E-state index in [4.69, 9.17) is 0 Å². The Morgan fingerprint density at radius 2 is 2.00 bits per heavy atom. The van der Waals surface area contributed by atoms with E-state index in [1.165, 1.54) is 25.7 Å². The standard InChI is InChI=1S/C16H27N5O/c1-21-16(18-14(22)7-6-12-4-2-3-5-12)19-15(20-21)13-8-10-17-11-9-13/h12-13,17H,2-11H2,1H3,(H,18,19,20,22). The number of aromatic nitrogens is 3. The Bertz CT molecular complexity index is 501. The van der Waals surface area contributed by atoms with Gasteiger partial charge in [0.25, 0.3) is 0 Å². The van der Waals surface area contributed by atoms with Gasteiger partial charge in [0.2, 0.25) is 11.9 Å². The van der Waals surface area contributed by atoms with E-state index in [1.807, 2.05) is 7.05 Å². The van der Waals surface area contributed by atoms with Crippen molar-refractivity contribution in [3.05, 3.63) is 5.82 Å². The Labute approximate surface area is 132 Å². The van der Waals surface area contributed by atoms with Crippen molar-refractivity contribution >= 4 is 11.9 Å². The average Bonchev–Trinajstić information content (AvgIpc) is 3.17. The fraction of sp³-hybridized carbons (Fsp3) is 0.812. The topological polar surface area (TPSA) is 71.8 Å². The lowest BCUT2D eigenvalue weighted by Gasteiger charge is -2.19. The van der Waals surface area contributed by atoms with Gasteiger partial charge in [0.15, 0.2) is 5.82 Å². The molecule has 1 saturated carbocycles. The monoisotopic (exact) mass is 305 g/mol. The fourth-order valence-electron chi connectivity index (χ4n) is 3.59. The molecule has 1 aromatic heterocycles. The van der Waals surface area contributed by atoms with E-state index in [1.54, 1.807) is 4.68 Å². The first kappa shape index (κ1) is 15.5. The van der Waals surface area contributed by atoms with Crippen molar-refractivity contribution in [2.45, 2.75) is 57.3 Å². The summed E-state index contributed by atoms with van der Waals surface area (Å²) < 4.78 is 1.70. The average molecular weight is 305 g/mol. The van der Waals surface area contributed by atoms with Crippen LogP contribution in [0.1, 0.15) is 63.1 Å². The van der Waals surface area contributed by atoms with Gasteiger partial charge < -0.3 is 5.32 Å². The van der Waals surface area contributed by atoms with Crippen LogP contribution in [0.4, 0.5) is 5.95 Å². The SMILES string of the molecule is Cn1nc(C2CCNCC2)nc1NC(=O)CCC1CCCC1. The van der Waals surface area contributed by atoms with E-state index in [9.17, 15) is 4.79 Å². The van der Waals surface area contributed by atoms with E-state index in [0.717, 1.165) is 44.1 Å². The number of hydrogen-bond donors (Lipinski definition) is 2. The molecule has 6 nitrogen and oxygen atoms in total. The molecule has 1 aliphatic heterocycles. The van der Waals surface area contributed by atoms with E-state index in [2.05, 4.69) is 20.7 Å². The van der Waals surface area contributed by atoms with Crippen LogP contribution in [0.3, 0.4) is 0 Å². The summed E-state index contributed by atoms with van der Waals surface area (Å²) >= 11 is 0. The molecule has 2 heterocycles. The van der Waals surface area contributed by atoms with Crippen LogP contribution in [0.25, 0.3) is 0 Å². The summed E-state index contributed by atoms with van der Waals surface area (Å²) in [6.45, 7) is 2.04. The molecule has 22 heavy (non-hydrogen) atoms. The van der Waals surface area contributed by atoms with Gasteiger partial charge in [-0.25, -0.2) is 4.68 Å². The van der Waals surface area contributed by atoms with Crippen LogP contribution in [0, 0.1) is 5.92 Å². The minimum absolute atomic E-state index is 0.0688. The lowest BCUT2D eigenvalue weighted by Crippen LogP contribution is -2.27. The van der Waals surface area contributed by atoms with Crippen molar-refractivity contribution in [2.24, 2.45) is 13.0 Å². The summed E-state index contributed by atoms with van der Waals surface area (Å²) in [5.41, 5.74) is 0. The van der Waals surface area contributed by atoms with Gasteiger partial charge in [0, 0.05) is 19.4 Å². The molecule has 6 heteroatoms. The number of nitrogens with zero attached hydrogens (tertiary/aromatic N) is 3. The molecule has 2 fully saturated rings. The highest BCUT2D eigenvalue weighted by Crippen LogP contribution is 2.28. The predicted molar refractivity (Wildman–Crippen MR) is 85.7 cm³/mol. The Morgan fingerprint density at radius 1 is 1.27 bits per heavy atom. The van der Waals surface area contributed by atoms with Crippen LogP contribution in [-0.2, 0) is 11.8 Å². The molecule has 3 rings (SSSR count). The molecule has 0 radical (unpaired) electrons. The smallest absolute Gasteiger partial charge is 0.227 e. The highest BCUT2D eigenvalue weighted by atomic mass is 16.1. The fourth-order valence-corrected chi connectivity index (χ4v) is 3.59. The quantitative estimate of drug-likeness (QED) is 0.874. The highest BCUT2D eigenvalue weighted by Gasteiger charge is 2.22. The largest absolute Gasteiger partial charge is 0.317 e. The Kier molecular flexibility index (Phi) is 5.08. The molecule has 0 bridgehead atoms. The van der Waals surface area contributed by atoms with Gasteiger partial charge in [-0.15, -0.1) is 0 Å². The van der Waals surface area contributed by atoms with E-state index in [0.29, 0.717) is 18.3 Å². The second kappa shape index (κ2) is 7.22. The van der Waals surface area contributed by atoms with Crippen molar-refractivity contribution in [3.8, 4) is 0 Å². The Balaban J connectivity index is 1.52. The Morgan fingerprint density at radius 3 is 2.73 bits per heavy atom. The molecule has 1 saturated heterocycles. The van der Waals surface area contributed by atoms with Crippen LogP contribution in [0.15, 0.2) is 0 Å². The van der Waals surface area contributed by atoms with Crippen molar-refractivity contribution in [1.29, 1.82) is 0 Å². The second-order valence-corrected chi connectivity index (χ2v) is 6.68. The van der Waals surface area contributed by atoms with Gasteiger partial charge in [-0.05, 0) is 38.3 Å². The maximum absolute atomic E-state index is 12.1. The number of carbonyl (C=O) groups excluding carboxylic acids is 1. The molecule has 2 aliphatic rings. The molecule has 122 valence electrons. The molecular weight excluding hydrogens is 278 g/mol. The lowest BCUT2D eigenvalue weighted by molar-refractivity contribution is -0.116. The zero-order chi connectivity index (χ0) is 15.4. The number of aryl methyl sites for hydroxylation is 1. The third-order valence-corrected chi connectivity index (χ3v) is 4.99. The molecule has 1 amide bonds. The number of hydrogen-bond acceptors (Lipinski definition) is 4. The van der Waals surface area contributed by atoms with Gasteiger partial charge in [-0.2, -0.15) is 10.1 Å². The second-order valence-electron chi connectivity index (χ2n) is 6.68. The van der Waals surface area contributed by atoms with Crippen molar-refractivity contribution in [1.82, 2.24) is 20.1 Å². The van der Waals surface area contributed by atoms with Gasteiger partial charge in [-0.1, -0.05) is 25.7 Å². The van der Waals surface area contributed by atoms with Gasteiger partial charge in [0.1, 0.15) is 0 Å². The molecule has 2 N–H and O–H groups in total. The summed E-state index contributed by atoms with van der Waals surface area (Å²) in [5.74, 6) is 2.69. The number of carbonyl (C=O) groups is 1. The van der Waals surface area contributed by atoms with Gasteiger partial charge in [-0.3, -0.25) is 10.1 Å². The van der Waals surface area contributed by atoms with Crippen molar-refractivity contribution in [3.63, 3.8) is 0 Å². The summed E-state index contributed by atoms with van der Waals surface area (Å²) in [5, 5.41) is 10.8. The zero-order valence-electron chi connectivity index (χ0n) is 13.5. The van der Waals surface area contributed by atoms with Crippen molar-refractivity contribution in [2.75, 3.05) is 18.4 Å². The minimum Gasteiger partial charge on any atom is -0.317 e. The van der Waals surface area contributed by atoms with Gasteiger partial charge in [0.05, 0.1) is 0 Å². The van der Waals surface area contributed by atoms with Crippen LogP contribution in [-0.4, -0.2) is 33.8 Å². The number of rotatable bonds is 5. The zero-order valence-corrected chi connectivity index (χ0v) is 13.5. The highest BCUT2D eigenvalue weighted by molar-refractivity contribution is 5.88. The number of piperidine rings is 1. The number of amides is 1. The van der Waals surface area contributed by atoms with Crippen LogP contribution in [0.2, 0.25) is 0 Å². The third kappa shape index (κ3) is 3.85. The summed E-state index contributed by atoms with van der Waals surface area (Å²) in [7, 11) is 1.85. The number of nitrogens with one attached hydrogen (secondary N) is 2. The molecule has 0 atom stereocenters. The maximum Gasteiger partial charge on any atom is 0.227 e. The van der Waals surface area contributed by atoms with Crippen LogP contribution < -0.4 is 10.6 Å². The summed E-state index contributed by atoms with van der Waals surface area (Å²) in [6.07, 6.45) is 8.97. The molecule has 0 aromatic carbocycles. The normalized spacial score (nSPS) is 20.4. The summed E-state index contributed by atoms with van der Waals surface area (Å²) in [4.78, 5) is 16.7. The van der Waals surface area contributed by atoms with Gasteiger partial charge >= 0.3 is 0 Å². The molecule has 1 aliphatic carbocycles. The minimum atomic E-state index is 0.0688. The molecular formula is C16H27N5O. The summed E-state index contributed by atoms with van der Waals surface area (Å²) in [6, 6.07) is 0. The van der Waals surface area contributed by atoms with Crippen molar-refractivity contribution < 1.29 is 4.79 Å². The van der Waals surface area contributed by atoms with E-state index in [-0.39, 0.29) is 5.91 Å². The van der Waals surface area contributed by atoms with Crippen LogP contribution in [0.5, 0.6) is 0 Å². The molecule has 0 unspecified atom stereocenters. The first-order chi connectivity index (χ1) is 10.7. The third-order valence-electron chi connectivity index (χ3n) is 4.99. The Hall–Kier alpha value is -1.43. The first-order valence-corrected chi connectivity index (χ1v) is 8.64. The molecule has 1 aromatic rings. The maximum atomic E-state index is 12.1. The molecule has 0 spiro atoms. The lowest BCUT2D eigenvalue weighted by atomic mass is 9.98.